The lowest BCUT2D eigenvalue weighted by Crippen LogP contribution is -2.44. The molecule has 0 saturated heterocycles. The zero-order valence-electron chi connectivity index (χ0n) is 12.6. The summed E-state index contributed by atoms with van der Waals surface area (Å²) in [6.07, 6.45) is 1.35. The fourth-order valence-electron chi connectivity index (χ4n) is 2.01. The molecule has 0 bridgehead atoms. The molecule has 6 nitrogen and oxygen atoms in total. The van der Waals surface area contributed by atoms with Crippen LogP contribution < -0.4 is 15.8 Å². The van der Waals surface area contributed by atoms with Gasteiger partial charge in [-0.1, -0.05) is 13.8 Å². The fourth-order valence-corrected chi connectivity index (χ4v) is 4.14. The van der Waals surface area contributed by atoms with E-state index in [1.54, 1.807) is 6.07 Å². The van der Waals surface area contributed by atoms with Crippen molar-refractivity contribution in [3.05, 3.63) is 17.0 Å². The first kappa shape index (κ1) is 18.1. The summed E-state index contributed by atoms with van der Waals surface area (Å²) >= 11 is 1.14. The maximum absolute atomic E-state index is 12.3. The van der Waals surface area contributed by atoms with E-state index in [-0.39, 0.29) is 10.1 Å². The molecule has 0 saturated carbocycles. The van der Waals surface area contributed by atoms with Crippen LogP contribution in [0.25, 0.3) is 0 Å². The Morgan fingerprint density at radius 2 is 1.95 bits per heavy atom. The first-order valence-electron chi connectivity index (χ1n) is 6.85. The van der Waals surface area contributed by atoms with Crippen LogP contribution in [0.2, 0.25) is 0 Å². The molecule has 21 heavy (non-hydrogen) atoms. The molecule has 0 aliphatic heterocycles. The number of rotatable bonds is 8. The monoisotopic (exact) mass is 333 g/mol. The van der Waals surface area contributed by atoms with Crippen LogP contribution in [0.3, 0.4) is 0 Å². The Morgan fingerprint density at radius 1 is 1.33 bits per heavy atom. The van der Waals surface area contributed by atoms with E-state index in [9.17, 15) is 13.2 Å². The lowest BCUT2D eigenvalue weighted by molar-refractivity contribution is -0.131. The van der Waals surface area contributed by atoms with Crippen LogP contribution in [0.15, 0.2) is 16.3 Å². The second kappa shape index (κ2) is 7.35. The minimum absolute atomic E-state index is 0.0820. The molecule has 0 aliphatic rings. The van der Waals surface area contributed by atoms with Crippen molar-refractivity contribution in [2.75, 3.05) is 13.6 Å². The molecule has 0 aliphatic carbocycles. The van der Waals surface area contributed by atoms with Gasteiger partial charge in [0.15, 0.2) is 0 Å². The molecule has 0 unspecified atom stereocenters. The highest BCUT2D eigenvalue weighted by Gasteiger charge is 2.33. The lowest BCUT2D eigenvalue weighted by Gasteiger charge is -2.28. The number of amides is 1. The van der Waals surface area contributed by atoms with Gasteiger partial charge in [0.2, 0.25) is 15.9 Å². The van der Waals surface area contributed by atoms with Gasteiger partial charge in [-0.2, -0.15) is 0 Å². The number of nitrogens with two attached hydrogens (primary N) is 1. The number of sulfonamides is 1. The molecule has 1 rings (SSSR count). The average Bonchev–Trinajstić information content (AvgIpc) is 2.97. The molecule has 0 atom stereocenters. The molecular formula is C13H23N3O3S2. The molecule has 1 amide bonds. The quantitative estimate of drug-likeness (QED) is 0.661. The van der Waals surface area contributed by atoms with Gasteiger partial charge in [0.1, 0.15) is 4.21 Å². The zero-order chi connectivity index (χ0) is 16.1. The molecule has 120 valence electrons. The first-order valence-corrected chi connectivity index (χ1v) is 9.15. The third kappa shape index (κ3) is 4.03. The fraction of sp³-hybridized carbons (Fsp3) is 0.615. The van der Waals surface area contributed by atoms with E-state index in [0.29, 0.717) is 25.9 Å². The van der Waals surface area contributed by atoms with Gasteiger partial charge in [0.05, 0.1) is 12.0 Å². The summed E-state index contributed by atoms with van der Waals surface area (Å²) in [6.45, 7) is 4.50. The normalized spacial score (nSPS) is 12.4. The average molecular weight is 333 g/mol. The molecule has 8 heteroatoms. The van der Waals surface area contributed by atoms with Gasteiger partial charge in [-0.05, 0) is 32.0 Å². The highest BCUT2D eigenvalue weighted by molar-refractivity contribution is 7.91. The van der Waals surface area contributed by atoms with E-state index >= 15 is 0 Å². The van der Waals surface area contributed by atoms with Crippen LogP contribution in [0, 0.1) is 5.41 Å². The van der Waals surface area contributed by atoms with Crippen LogP contribution in [0.1, 0.15) is 31.6 Å². The van der Waals surface area contributed by atoms with Gasteiger partial charge in [0.25, 0.3) is 0 Å². The summed E-state index contributed by atoms with van der Waals surface area (Å²) in [5, 5.41) is 2.85. The molecule has 0 aromatic carbocycles. The summed E-state index contributed by atoms with van der Waals surface area (Å²) in [4.78, 5) is 13.1. The van der Waals surface area contributed by atoms with Gasteiger partial charge in [0, 0.05) is 11.4 Å². The Labute approximate surface area is 130 Å². The van der Waals surface area contributed by atoms with Crippen LogP contribution in [0.4, 0.5) is 0 Å². The lowest BCUT2D eigenvalue weighted by atomic mass is 9.81. The van der Waals surface area contributed by atoms with E-state index in [2.05, 4.69) is 10.0 Å². The van der Waals surface area contributed by atoms with Crippen molar-refractivity contribution in [1.82, 2.24) is 10.0 Å². The number of hydrogen-bond acceptors (Lipinski definition) is 5. The number of thiophene rings is 1. The van der Waals surface area contributed by atoms with Gasteiger partial charge < -0.3 is 11.1 Å². The minimum atomic E-state index is -3.42. The highest BCUT2D eigenvalue weighted by atomic mass is 32.2. The largest absolute Gasteiger partial charge is 0.351 e. The minimum Gasteiger partial charge on any atom is -0.351 e. The molecule has 1 aromatic heterocycles. The van der Waals surface area contributed by atoms with Crippen LogP contribution >= 0.6 is 11.3 Å². The predicted octanol–water partition coefficient (Wildman–Crippen LogP) is 1.04. The van der Waals surface area contributed by atoms with Crippen molar-refractivity contribution < 1.29 is 13.2 Å². The SMILES string of the molecule is CCC(CC)(CN)C(=O)NCc1ccc(S(=O)(=O)NC)s1. The molecule has 0 radical (unpaired) electrons. The van der Waals surface area contributed by atoms with Gasteiger partial charge in [-0.15, -0.1) is 11.3 Å². The Kier molecular flexibility index (Phi) is 6.33. The number of carbonyl (C=O) groups excluding carboxylic acids is 1. The molecular weight excluding hydrogens is 310 g/mol. The summed E-state index contributed by atoms with van der Waals surface area (Å²) in [7, 11) is -2.05. The summed E-state index contributed by atoms with van der Waals surface area (Å²) in [5.41, 5.74) is 5.19. The van der Waals surface area contributed by atoms with E-state index < -0.39 is 15.4 Å². The zero-order valence-corrected chi connectivity index (χ0v) is 14.2. The second-order valence-electron chi connectivity index (χ2n) is 4.80. The molecule has 0 fully saturated rings. The second-order valence-corrected chi connectivity index (χ2v) is 8.08. The van der Waals surface area contributed by atoms with Crippen molar-refractivity contribution in [2.45, 2.75) is 37.4 Å². The van der Waals surface area contributed by atoms with Crippen molar-refractivity contribution in [3.63, 3.8) is 0 Å². The standard InChI is InChI=1S/C13H23N3O3S2/c1-4-13(5-2,9-14)12(17)16-8-10-6-7-11(20-10)21(18,19)15-3/h6-7,15H,4-5,8-9,14H2,1-3H3,(H,16,17). The van der Waals surface area contributed by atoms with E-state index in [0.717, 1.165) is 16.2 Å². The maximum Gasteiger partial charge on any atom is 0.249 e. The molecule has 1 aromatic rings. The van der Waals surface area contributed by atoms with E-state index in [4.69, 9.17) is 5.73 Å². The first-order chi connectivity index (χ1) is 9.85. The Bertz CT molecular complexity index is 569. The number of hydrogen-bond donors (Lipinski definition) is 3. The van der Waals surface area contributed by atoms with Crippen LogP contribution in [-0.2, 0) is 21.4 Å². The van der Waals surface area contributed by atoms with Crippen molar-refractivity contribution in [1.29, 1.82) is 0 Å². The van der Waals surface area contributed by atoms with Crippen LogP contribution in [0.5, 0.6) is 0 Å². The van der Waals surface area contributed by atoms with Gasteiger partial charge in [-0.3, -0.25) is 4.79 Å². The number of carbonyl (C=O) groups is 1. The highest BCUT2D eigenvalue weighted by Crippen LogP contribution is 2.26. The van der Waals surface area contributed by atoms with E-state index in [1.807, 2.05) is 13.8 Å². The summed E-state index contributed by atoms with van der Waals surface area (Å²) in [5.74, 6) is -0.0820. The third-order valence-electron chi connectivity index (χ3n) is 3.82. The number of nitrogens with one attached hydrogen (secondary N) is 2. The Morgan fingerprint density at radius 3 is 2.43 bits per heavy atom. The molecule has 0 spiro atoms. The third-order valence-corrected chi connectivity index (χ3v) is 6.81. The topological polar surface area (TPSA) is 101 Å². The molecule has 4 N–H and O–H groups in total. The maximum atomic E-state index is 12.3. The van der Waals surface area contributed by atoms with Crippen molar-refractivity contribution in [3.8, 4) is 0 Å². The van der Waals surface area contributed by atoms with E-state index in [1.165, 1.54) is 13.1 Å². The van der Waals surface area contributed by atoms with Crippen molar-refractivity contribution >= 4 is 27.3 Å². The molecule has 1 heterocycles. The van der Waals surface area contributed by atoms with Crippen molar-refractivity contribution in [2.24, 2.45) is 11.1 Å². The summed E-state index contributed by atoms with van der Waals surface area (Å²) < 4.78 is 25.8. The van der Waals surface area contributed by atoms with Crippen LogP contribution in [-0.4, -0.2) is 27.9 Å². The summed E-state index contributed by atoms with van der Waals surface area (Å²) in [6, 6.07) is 3.24. The van der Waals surface area contributed by atoms with Gasteiger partial charge >= 0.3 is 0 Å². The smallest absolute Gasteiger partial charge is 0.249 e. The Hall–Kier alpha value is -0.960. The Balaban J connectivity index is 2.74. The van der Waals surface area contributed by atoms with Gasteiger partial charge in [-0.25, -0.2) is 13.1 Å². The predicted molar refractivity (Wildman–Crippen MR) is 84.5 cm³/mol.